The number of ether oxygens (including phenoxy) is 1. The van der Waals surface area contributed by atoms with Crippen LogP contribution in [-0.2, 0) is 4.74 Å². The number of aliphatic hydroxyl groups excluding tert-OH is 1. The van der Waals surface area contributed by atoms with E-state index in [0.29, 0.717) is 23.8 Å². The Balaban J connectivity index is 2.23. The zero-order valence-corrected chi connectivity index (χ0v) is 11.4. The minimum absolute atomic E-state index is 0.0815. The van der Waals surface area contributed by atoms with E-state index in [1.165, 1.54) is 6.07 Å². The van der Waals surface area contributed by atoms with Crippen molar-refractivity contribution in [2.24, 2.45) is 11.7 Å². The molecule has 19 heavy (non-hydrogen) atoms. The Hall–Kier alpha value is -0.680. The maximum absolute atomic E-state index is 13.9. The number of hydrogen-bond acceptors (Lipinski definition) is 3. The van der Waals surface area contributed by atoms with Crippen LogP contribution in [0.4, 0.5) is 4.39 Å². The zero-order chi connectivity index (χ0) is 13.8. The lowest BCUT2D eigenvalue weighted by atomic mass is 9.82. The number of nitrogens with two attached hydrogens (primary N) is 1. The largest absolute Gasteiger partial charge is 0.392 e. The summed E-state index contributed by atoms with van der Waals surface area (Å²) in [7, 11) is 0. The molecule has 0 saturated carbocycles. The van der Waals surface area contributed by atoms with Crippen LogP contribution >= 0.6 is 11.6 Å². The van der Waals surface area contributed by atoms with Crippen molar-refractivity contribution in [2.45, 2.75) is 24.9 Å². The minimum Gasteiger partial charge on any atom is -0.392 e. The van der Waals surface area contributed by atoms with Gasteiger partial charge in [-0.1, -0.05) is 17.7 Å². The molecule has 0 amide bonds. The highest BCUT2D eigenvalue weighted by Gasteiger charge is 2.32. The standard InChI is InChI=1S/C14H19ClFNO2/c15-11-2-1-3-12(16)13(11)10(8-17)14(18)9-4-6-19-7-5-9/h1-3,9-10,14,18H,4-8,17H2. The Morgan fingerprint density at radius 1 is 1.42 bits per heavy atom. The summed E-state index contributed by atoms with van der Waals surface area (Å²) in [5.74, 6) is -0.802. The normalized spacial score (nSPS) is 20.2. The fourth-order valence-electron chi connectivity index (χ4n) is 2.68. The average Bonchev–Trinajstić information content (AvgIpc) is 2.43. The first-order chi connectivity index (χ1) is 9.15. The Kier molecular flexibility index (Phi) is 5.16. The van der Waals surface area contributed by atoms with Gasteiger partial charge in [0, 0.05) is 36.3 Å². The SMILES string of the molecule is NCC(c1c(F)cccc1Cl)C(O)C1CCOCC1. The van der Waals surface area contributed by atoms with Gasteiger partial charge in [0.15, 0.2) is 0 Å². The summed E-state index contributed by atoms with van der Waals surface area (Å²) < 4.78 is 19.2. The molecule has 0 spiro atoms. The first-order valence-corrected chi connectivity index (χ1v) is 6.92. The van der Waals surface area contributed by atoms with Gasteiger partial charge < -0.3 is 15.6 Å². The average molecular weight is 288 g/mol. The molecule has 1 aliphatic rings. The van der Waals surface area contributed by atoms with Crippen molar-refractivity contribution in [2.75, 3.05) is 19.8 Å². The van der Waals surface area contributed by atoms with Crippen LogP contribution in [0.25, 0.3) is 0 Å². The van der Waals surface area contributed by atoms with Crippen molar-refractivity contribution in [1.29, 1.82) is 0 Å². The molecule has 0 radical (unpaired) electrons. The summed E-state index contributed by atoms with van der Waals surface area (Å²) in [6.07, 6.45) is 0.844. The van der Waals surface area contributed by atoms with Gasteiger partial charge in [-0.15, -0.1) is 0 Å². The lowest BCUT2D eigenvalue weighted by molar-refractivity contribution is -0.00234. The molecule has 106 valence electrons. The van der Waals surface area contributed by atoms with E-state index >= 15 is 0 Å². The highest BCUT2D eigenvalue weighted by Crippen LogP contribution is 2.34. The molecule has 1 heterocycles. The molecule has 5 heteroatoms. The molecule has 2 rings (SSSR count). The Morgan fingerprint density at radius 2 is 2.11 bits per heavy atom. The van der Waals surface area contributed by atoms with Crippen molar-refractivity contribution < 1.29 is 14.2 Å². The summed E-state index contributed by atoms with van der Waals surface area (Å²) >= 11 is 6.05. The van der Waals surface area contributed by atoms with E-state index in [2.05, 4.69) is 0 Å². The van der Waals surface area contributed by atoms with Crippen molar-refractivity contribution in [1.82, 2.24) is 0 Å². The van der Waals surface area contributed by atoms with E-state index in [9.17, 15) is 9.50 Å². The van der Waals surface area contributed by atoms with Crippen LogP contribution in [-0.4, -0.2) is 31.0 Å². The molecular formula is C14H19ClFNO2. The maximum Gasteiger partial charge on any atom is 0.128 e. The van der Waals surface area contributed by atoms with Gasteiger partial charge in [-0.25, -0.2) is 4.39 Å². The fourth-order valence-corrected chi connectivity index (χ4v) is 2.98. The molecular weight excluding hydrogens is 269 g/mol. The van der Waals surface area contributed by atoms with Gasteiger partial charge >= 0.3 is 0 Å². The van der Waals surface area contributed by atoms with Crippen LogP contribution in [0.3, 0.4) is 0 Å². The molecule has 1 fully saturated rings. The predicted molar refractivity (Wildman–Crippen MR) is 72.8 cm³/mol. The highest BCUT2D eigenvalue weighted by atomic mass is 35.5. The quantitative estimate of drug-likeness (QED) is 0.893. The highest BCUT2D eigenvalue weighted by molar-refractivity contribution is 6.31. The smallest absolute Gasteiger partial charge is 0.128 e. The van der Waals surface area contributed by atoms with Crippen LogP contribution in [0.2, 0.25) is 5.02 Å². The van der Waals surface area contributed by atoms with E-state index in [-0.39, 0.29) is 12.5 Å². The second kappa shape index (κ2) is 6.66. The number of rotatable bonds is 4. The predicted octanol–water partition coefficient (Wildman–Crippen LogP) is 2.31. The molecule has 1 aromatic rings. The zero-order valence-electron chi connectivity index (χ0n) is 10.7. The molecule has 2 unspecified atom stereocenters. The van der Waals surface area contributed by atoms with Crippen LogP contribution in [0.5, 0.6) is 0 Å². The Morgan fingerprint density at radius 3 is 2.68 bits per heavy atom. The number of halogens is 2. The van der Waals surface area contributed by atoms with E-state index in [1.54, 1.807) is 12.1 Å². The molecule has 0 aliphatic carbocycles. The van der Waals surface area contributed by atoms with Gasteiger partial charge in [0.25, 0.3) is 0 Å². The second-order valence-electron chi connectivity index (χ2n) is 4.92. The topological polar surface area (TPSA) is 55.5 Å². The van der Waals surface area contributed by atoms with E-state index in [1.807, 2.05) is 0 Å². The van der Waals surface area contributed by atoms with Crippen LogP contribution in [0.15, 0.2) is 18.2 Å². The van der Waals surface area contributed by atoms with Crippen molar-refractivity contribution in [3.05, 3.63) is 34.6 Å². The van der Waals surface area contributed by atoms with Gasteiger partial charge in [-0.3, -0.25) is 0 Å². The molecule has 1 aliphatic heterocycles. The summed E-state index contributed by atoms with van der Waals surface area (Å²) in [6, 6.07) is 4.52. The summed E-state index contributed by atoms with van der Waals surface area (Å²) in [5.41, 5.74) is 6.06. The van der Waals surface area contributed by atoms with E-state index < -0.39 is 17.8 Å². The van der Waals surface area contributed by atoms with Gasteiger partial charge in [0.1, 0.15) is 5.82 Å². The molecule has 1 aromatic carbocycles. The molecule has 2 atom stereocenters. The molecule has 0 bridgehead atoms. The van der Waals surface area contributed by atoms with Gasteiger partial charge in [0.05, 0.1) is 6.10 Å². The number of benzene rings is 1. The van der Waals surface area contributed by atoms with Crippen molar-refractivity contribution in [3.63, 3.8) is 0 Å². The first-order valence-electron chi connectivity index (χ1n) is 6.55. The first kappa shape index (κ1) is 14.7. The van der Waals surface area contributed by atoms with Crippen molar-refractivity contribution in [3.8, 4) is 0 Å². The molecule has 3 N–H and O–H groups in total. The molecule has 0 aromatic heterocycles. The van der Waals surface area contributed by atoms with Gasteiger partial charge in [-0.05, 0) is 30.9 Å². The lowest BCUT2D eigenvalue weighted by Gasteiger charge is -2.32. The lowest BCUT2D eigenvalue weighted by Crippen LogP contribution is -2.36. The Labute approximate surface area is 117 Å². The minimum atomic E-state index is -0.691. The van der Waals surface area contributed by atoms with E-state index in [4.69, 9.17) is 22.1 Å². The fraction of sp³-hybridized carbons (Fsp3) is 0.571. The second-order valence-corrected chi connectivity index (χ2v) is 5.33. The third-order valence-corrected chi connectivity index (χ3v) is 4.12. The van der Waals surface area contributed by atoms with Crippen molar-refractivity contribution >= 4 is 11.6 Å². The van der Waals surface area contributed by atoms with Crippen LogP contribution < -0.4 is 5.73 Å². The van der Waals surface area contributed by atoms with Gasteiger partial charge in [0.2, 0.25) is 0 Å². The third kappa shape index (κ3) is 3.26. The third-order valence-electron chi connectivity index (χ3n) is 3.79. The Bertz CT molecular complexity index is 404. The molecule has 1 saturated heterocycles. The van der Waals surface area contributed by atoms with Crippen LogP contribution in [0, 0.1) is 11.7 Å². The monoisotopic (exact) mass is 287 g/mol. The summed E-state index contributed by atoms with van der Waals surface area (Å²) in [6.45, 7) is 1.42. The maximum atomic E-state index is 13.9. The summed E-state index contributed by atoms with van der Waals surface area (Å²) in [4.78, 5) is 0. The van der Waals surface area contributed by atoms with Crippen LogP contribution in [0.1, 0.15) is 24.3 Å². The van der Waals surface area contributed by atoms with E-state index in [0.717, 1.165) is 12.8 Å². The number of aliphatic hydroxyl groups is 1. The number of hydrogen-bond donors (Lipinski definition) is 2. The van der Waals surface area contributed by atoms with Gasteiger partial charge in [-0.2, -0.15) is 0 Å². The summed E-state index contributed by atoms with van der Waals surface area (Å²) in [5, 5.41) is 10.8. The molecule has 3 nitrogen and oxygen atoms in total.